The smallest absolute Gasteiger partial charge is 0.123 e. The van der Waals surface area contributed by atoms with Crippen molar-refractivity contribution in [2.24, 2.45) is 0 Å². The van der Waals surface area contributed by atoms with Gasteiger partial charge in [-0.15, -0.1) is 11.3 Å². The summed E-state index contributed by atoms with van der Waals surface area (Å²) in [6, 6.07) is 6.40. The standard InChI is InChI=1S/C13H12BrFOS/c1-7-5-9(15)3-4-10(7)12(16)11-6-8(2)13(14)17-11/h3-6,12,16H,1-2H3. The van der Waals surface area contributed by atoms with Crippen molar-refractivity contribution in [2.75, 3.05) is 0 Å². The van der Waals surface area contributed by atoms with Crippen molar-refractivity contribution in [3.63, 3.8) is 0 Å². The third-order valence-corrected chi connectivity index (χ3v) is 4.86. The van der Waals surface area contributed by atoms with Crippen LogP contribution < -0.4 is 0 Å². The summed E-state index contributed by atoms with van der Waals surface area (Å²) in [6.45, 7) is 3.78. The summed E-state index contributed by atoms with van der Waals surface area (Å²) in [5, 5.41) is 10.3. The molecule has 1 nitrogen and oxygen atoms in total. The first-order valence-electron chi connectivity index (χ1n) is 5.19. The fourth-order valence-electron chi connectivity index (χ4n) is 1.72. The van der Waals surface area contributed by atoms with Gasteiger partial charge in [0.15, 0.2) is 0 Å². The number of thiophene rings is 1. The lowest BCUT2D eigenvalue weighted by molar-refractivity contribution is 0.223. The zero-order chi connectivity index (χ0) is 12.6. The van der Waals surface area contributed by atoms with Crippen LogP contribution in [0, 0.1) is 19.7 Å². The van der Waals surface area contributed by atoms with Crippen LogP contribution in [0.2, 0.25) is 0 Å². The molecule has 0 aliphatic carbocycles. The Morgan fingerprint density at radius 1 is 1.24 bits per heavy atom. The van der Waals surface area contributed by atoms with E-state index in [-0.39, 0.29) is 5.82 Å². The summed E-state index contributed by atoms with van der Waals surface area (Å²) in [5.74, 6) is -0.276. The maximum absolute atomic E-state index is 13.0. The normalized spacial score (nSPS) is 12.8. The van der Waals surface area contributed by atoms with E-state index in [0.717, 1.165) is 25.4 Å². The van der Waals surface area contributed by atoms with Gasteiger partial charge in [0, 0.05) is 4.88 Å². The number of aliphatic hydroxyl groups excluding tert-OH is 1. The van der Waals surface area contributed by atoms with E-state index in [1.807, 2.05) is 13.0 Å². The molecule has 0 saturated heterocycles. The summed E-state index contributed by atoms with van der Waals surface area (Å²) in [4.78, 5) is 0.865. The van der Waals surface area contributed by atoms with Gasteiger partial charge in [-0.05, 0) is 64.7 Å². The van der Waals surface area contributed by atoms with Gasteiger partial charge in [0.1, 0.15) is 11.9 Å². The average molecular weight is 315 g/mol. The molecule has 0 amide bonds. The van der Waals surface area contributed by atoms with E-state index < -0.39 is 6.10 Å². The number of rotatable bonds is 2. The molecule has 17 heavy (non-hydrogen) atoms. The molecular formula is C13H12BrFOS. The molecule has 1 aromatic carbocycles. The largest absolute Gasteiger partial charge is 0.383 e. The molecular weight excluding hydrogens is 303 g/mol. The van der Waals surface area contributed by atoms with Crippen LogP contribution in [0.3, 0.4) is 0 Å². The lowest BCUT2D eigenvalue weighted by Gasteiger charge is -2.11. The topological polar surface area (TPSA) is 20.2 Å². The van der Waals surface area contributed by atoms with Gasteiger partial charge < -0.3 is 5.11 Å². The van der Waals surface area contributed by atoms with Crippen LogP contribution in [-0.2, 0) is 0 Å². The summed E-state index contributed by atoms with van der Waals surface area (Å²) in [5.41, 5.74) is 2.61. The Bertz CT molecular complexity index is 531. The van der Waals surface area contributed by atoms with Crippen LogP contribution in [0.25, 0.3) is 0 Å². The summed E-state index contributed by atoms with van der Waals surface area (Å²) < 4.78 is 14.0. The van der Waals surface area contributed by atoms with E-state index >= 15 is 0 Å². The van der Waals surface area contributed by atoms with Crippen molar-refractivity contribution in [2.45, 2.75) is 20.0 Å². The lowest BCUT2D eigenvalue weighted by Crippen LogP contribution is -2.00. The maximum Gasteiger partial charge on any atom is 0.123 e. The predicted octanol–water partition coefficient (Wildman–Crippen LogP) is 4.35. The summed E-state index contributed by atoms with van der Waals surface area (Å²) >= 11 is 4.94. The molecule has 0 saturated carbocycles. The predicted molar refractivity (Wildman–Crippen MR) is 72.0 cm³/mol. The molecule has 1 heterocycles. The highest BCUT2D eigenvalue weighted by molar-refractivity contribution is 9.11. The Morgan fingerprint density at radius 3 is 2.47 bits per heavy atom. The van der Waals surface area contributed by atoms with Crippen molar-refractivity contribution in [1.82, 2.24) is 0 Å². The van der Waals surface area contributed by atoms with Crippen LogP contribution in [0.15, 0.2) is 28.1 Å². The van der Waals surface area contributed by atoms with Gasteiger partial charge >= 0.3 is 0 Å². The first-order valence-corrected chi connectivity index (χ1v) is 6.80. The van der Waals surface area contributed by atoms with E-state index in [9.17, 15) is 9.50 Å². The highest BCUT2D eigenvalue weighted by Gasteiger charge is 2.16. The van der Waals surface area contributed by atoms with Gasteiger partial charge in [0.05, 0.1) is 3.79 Å². The summed E-state index contributed by atoms with van der Waals surface area (Å²) in [6.07, 6.45) is -0.689. The van der Waals surface area contributed by atoms with E-state index in [0.29, 0.717) is 0 Å². The molecule has 4 heteroatoms. The molecule has 0 fully saturated rings. The molecule has 0 radical (unpaired) electrons. The van der Waals surface area contributed by atoms with Crippen molar-refractivity contribution >= 4 is 27.3 Å². The fourth-order valence-corrected chi connectivity index (χ4v) is 3.29. The Balaban J connectivity index is 2.39. The maximum atomic E-state index is 13.0. The molecule has 1 aromatic heterocycles. The fraction of sp³-hybridized carbons (Fsp3) is 0.231. The molecule has 0 bridgehead atoms. The highest BCUT2D eigenvalue weighted by atomic mass is 79.9. The van der Waals surface area contributed by atoms with Crippen LogP contribution in [-0.4, -0.2) is 5.11 Å². The minimum absolute atomic E-state index is 0.276. The zero-order valence-electron chi connectivity index (χ0n) is 9.50. The van der Waals surface area contributed by atoms with Gasteiger partial charge in [0.2, 0.25) is 0 Å². The Kier molecular flexibility index (Phi) is 3.66. The second-order valence-corrected chi connectivity index (χ2v) is 6.41. The van der Waals surface area contributed by atoms with Crippen LogP contribution in [0.1, 0.15) is 27.7 Å². The average Bonchev–Trinajstić information content (AvgIpc) is 2.58. The van der Waals surface area contributed by atoms with Crippen molar-refractivity contribution < 1.29 is 9.50 Å². The Labute approximate surface area is 112 Å². The second kappa shape index (κ2) is 4.88. The van der Waals surface area contributed by atoms with E-state index in [1.54, 1.807) is 13.0 Å². The second-order valence-electron chi connectivity index (χ2n) is 4.01. The molecule has 0 spiro atoms. The minimum Gasteiger partial charge on any atom is -0.383 e. The number of benzene rings is 1. The molecule has 2 rings (SSSR count). The van der Waals surface area contributed by atoms with Crippen molar-refractivity contribution in [3.8, 4) is 0 Å². The minimum atomic E-state index is -0.689. The number of aliphatic hydroxyl groups is 1. The molecule has 0 aliphatic rings. The van der Waals surface area contributed by atoms with Gasteiger partial charge in [-0.2, -0.15) is 0 Å². The van der Waals surface area contributed by atoms with Crippen LogP contribution in [0.4, 0.5) is 4.39 Å². The van der Waals surface area contributed by atoms with Gasteiger partial charge in [-0.3, -0.25) is 0 Å². The van der Waals surface area contributed by atoms with Crippen molar-refractivity contribution in [1.29, 1.82) is 0 Å². The molecule has 1 atom stereocenters. The van der Waals surface area contributed by atoms with Crippen molar-refractivity contribution in [3.05, 3.63) is 55.4 Å². The summed E-state index contributed by atoms with van der Waals surface area (Å²) in [7, 11) is 0. The highest BCUT2D eigenvalue weighted by Crippen LogP contribution is 2.35. The van der Waals surface area contributed by atoms with Gasteiger partial charge in [-0.1, -0.05) is 6.07 Å². The first kappa shape index (κ1) is 12.7. The van der Waals surface area contributed by atoms with E-state index in [4.69, 9.17) is 0 Å². The molecule has 2 aromatic rings. The number of halogens is 2. The SMILES string of the molecule is Cc1cc(F)ccc1C(O)c1cc(C)c(Br)s1. The molecule has 1 unspecified atom stereocenters. The monoisotopic (exact) mass is 314 g/mol. The van der Waals surface area contributed by atoms with Crippen LogP contribution >= 0.6 is 27.3 Å². The number of aryl methyl sites for hydroxylation is 2. The van der Waals surface area contributed by atoms with Crippen LogP contribution in [0.5, 0.6) is 0 Å². The third kappa shape index (κ3) is 2.59. The molecule has 1 N–H and O–H groups in total. The quantitative estimate of drug-likeness (QED) is 0.873. The van der Waals surface area contributed by atoms with E-state index in [2.05, 4.69) is 15.9 Å². The Hall–Kier alpha value is -0.710. The number of hydrogen-bond acceptors (Lipinski definition) is 2. The molecule has 0 aliphatic heterocycles. The van der Waals surface area contributed by atoms with Gasteiger partial charge in [-0.25, -0.2) is 4.39 Å². The third-order valence-electron chi connectivity index (χ3n) is 2.67. The Morgan fingerprint density at radius 2 is 1.94 bits per heavy atom. The van der Waals surface area contributed by atoms with Gasteiger partial charge in [0.25, 0.3) is 0 Å². The molecule has 90 valence electrons. The number of hydrogen-bond donors (Lipinski definition) is 1. The van der Waals surface area contributed by atoms with E-state index in [1.165, 1.54) is 23.5 Å². The first-order chi connectivity index (χ1) is 7.99. The zero-order valence-corrected chi connectivity index (χ0v) is 11.9. The lowest BCUT2D eigenvalue weighted by atomic mass is 10.0.